The van der Waals surface area contributed by atoms with Crippen molar-refractivity contribution in [2.75, 3.05) is 36.8 Å². The van der Waals surface area contributed by atoms with Gasteiger partial charge in [-0.25, -0.2) is 0 Å². The van der Waals surface area contributed by atoms with E-state index >= 15 is 0 Å². The van der Waals surface area contributed by atoms with Crippen molar-refractivity contribution in [1.82, 2.24) is 4.90 Å². The predicted molar refractivity (Wildman–Crippen MR) is 88.2 cm³/mol. The fraction of sp³-hybridized carbons (Fsp3) is 0.625. The molecule has 2 saturated heterocycles. The third kappa shape index (κ3) is 3.16. The maximum Gasteiger partial charge on any atom is 0.292 e. The minimum atomic E-state index is -0.429. The highest BCUT2D eigenvalue weighted by molar-refractivity contribution is 5.66. The molecule has 0 saturated carbocycles. The van der Waals surface area contributed by atoms with E-state index in [9.17, 15) is 10.1 Å². The number of nitro benzene ring substituents is 1. The van der Waals surface area contributed by atoms with Crippen molar-refractivity contribution < 1.29 is 4.92 Å². The summed E-state index contributed by atoms with van der Waals surface area (Å²) in [6.45, 7) is 4.49. The first-order valence-electron chi connectivity index (χ1n) is 8.18. The lowest BCUT2D eigenvalue weighted by atomic mass is 9.99. The predicted octanol–water partition coefficient (Wildman–Crippen LogP) is 2.63. The summed E-state index contributed by atoms with van der Waals surface area (Å²) in [5.41, 5.74) is 7.04. The van der Waals surface area contributed by atoms with Crippen LogP contribution in [-0.4, -0.2) is 42.0 Å². The first-order valence-corrected chi connectivity index (χ1v) is 8.18. The molecule has 120 valence electrons. The lowest BCUT2D eigenvalue weighted by molar-refractivity contribution is -0.383. The highest BCUT2D eigenvalue weighted by Crippen LogP contribution is 2.29. The van der Waals surface area contributed by atoms with Gasteiger partial charge in [0.25, 0.3) is 5.69 Å². The molecule has 0 aromatic heterocycles. The van der Waals surface area contributed by atoms with Crippen molar-refractivity contribution in [3.8, 4) is 0 Å². The smallest absolute Gasteiger partial charge is 0.292 e. The molecule has 2 fully saturated rings. The van der Waals surface area contributed by atoms with Gasteiger partial charge < -0.3 is 15.5 Å². The van der Waals surface area contributed by atoms with Crippen LogP contribution in [0.1, 0.15) is 32.1 Å². The van der Waals surface area contributed by atoms with Gasteiger partial charge in [0.1, 0.15) is 5.69 Å². The van der Waals surface area contributed by atoms with Crippen LogP contribution in [0, 0.1) is 10.1 Å². The van der Waals surface area contributed by atoms with Gasteiger partial charge in [0.15, 0.2) is 0 Å². The number of nitrogens with two attached hydrogens (primary N) is 1. The summed E-state index contributed by atoms with van der Waals surface area (Å²) in [6.07, 6.45) is 6.36. The standard InChI is InChI=1S/C16H24N4O2/c17-15-12-14(4-5-16(15)20(21)22)19-10-6-13(7-11-19)18-8-2-1-3-9-18/h4-5,12-13H,1-3,6-11,17H2. The Morgan fingerprint density at radius 1 is 1.09 bits per heavy atom. The van der Waals surface area contributed by atoms with Crippen molar-refractivity contribution in [3.63, 3.8) is 0 Å². The molecule has 1 aromatic carbocycles. The average molecular weight is 304 g/mol. The van der Waals surface area contributed by atoms with E-state index in [0.717, 1.165) is 31.6 Å². The Hall–Kier alpha value is -1.82. The number of piperidine rings is 2. The average Bonchev–Trinajstić information content (AvgIpc) is 2.55. The molecule has 0 atom stereocenters. The van der Waals surface area contributed by atoms with Gasteiger partial charge in [-0.2, -0.15) is 0 Å². The fourth-order valence-corrected chi connectivity index (χ4v) is 3.68. The number of hydrogen-bond donors (Lipinski definition) is 1. The van der Waals surface area contributed by atoms with Crippen molar-refractivity contribution >= 4 is 17.1 Å². The summed E-state index contributed by atoms with van der Waals surface area (Å²) in [5.74, 6) is 0. The summed E-state index contributed by atoms with van der Waals surface area (Å²) < 4.78 is 0. The van der Waals surface area contributed by atoms with E-state index in [0.29, 0.717) is 6.04 Å². The van der Waals surface area contributed by atoms with Crippen molar-refractivity contribution in [2.45, 2.75) is 38.1 Å². The summed E-state index contributed by atoms with van der Waals surface area (Å²) in [6, 6.07) is 5.77. The highest BCUT2D eigenvalue weighted by atomic mass is 16.6. The first kappa shape index (κ1) is 15.1. The van der Waals surface area contributed by atoms with Gasteiger partial charge in [0.2, 0.25) is 0 Å². The molecule has 0 spiro atoms. The topological polar surface area (TPSA) is 75.6 Å². The first-order chi connectivity index (χ1) is 10.6. The molecule has 0 aliphatic carbocycles. The van der Waals surface area contributed by atoms with E-state index in [-0.39, 0.29) is 11.4 Å². The molecule has 0 radical (unpaired) electrons. The van der Waals surface area contributed by atoms with Crippen LogP contribution >= 0.6 is 0 Å². The third-order valence-corrected chi connectivity index (χ3v) is 4.94. The van der Waals surface area contributed by atoms with Crippen LogP contribution in [0.5, 0.6) is 0 Å². The molecule has 1 aromatic rings. The number of benzene rings is 1. The van der Waals surface area contributed by atoms with Gasteiger partial charge in [-0.1, -0.05) is 6.42 Å². The van der Waals surface area contributed by atoms with Crippen LogP contribution < -0.4 is 10.6 Å². The number of likely N-dealkylation sites (tertiary alicyclic amines) is 1. The SMILES string of the molecule is Nc1cc(N2CCC(N3CCCCC3)CC2)ccc1[N+](=O)[O-]. The number of rotatable bonds is 3. The van der Waals surface area contributed by atoms with Gasteiger partial charge in [-0.3, -0.25) is 10.1 Å². The summed E-state index contributed by atoms with van der Waals surface area (Å²) >= 11 is 0. The third-order valence-electron chi connectivity index (χ3n) is 4.94. The van der Waals surface area contributed by atoms with E-state index in [1.54, 1.807) is 6.07 Å². The molecular formula is C16H24N4O2. The van der Waals surface area contributed by atoms with Gasteiger partial charge in [-0.15, -0.1) is 0 Å². The molecule has 2 heterocycles. The molecule has 22 heavy (non-hydrogen) atoms. The van der Waals surface area contributed by atoms with Crippen LogP contribution in [0.4, 0.5) is 17.1 Å². The Kier molecular flexibility index (Phi) is 4.47. The largest absolute Gasteiger partial charge is 0.393 e. The molecule has 2 aliphatic rings. The van der Waals surface area contributed by atoms with Crippen LogP contribution in [0.15, 0.2) is 18.2 Å². The summed E-state index contributed by atoms with van der Waals surface area (Å²) in [5, 5.41) is 10.8. The Balaban J connectivity index is 1.61. The quantitative estimate of drug-likeness (QED) is 0.528. The van der Waals surface area contributed by atoms with Gasteiger partial charge >= 0.3 is 0 Å². The molecule has 0 unspecified atom stereocenters. The molecule has 6 nitrogen and oxygen atoms in total. The summed E-state index contributed by atoms with van der Waals surface area (Å²) in [4.78, 5) is 15.3. The van der Waals surface area contributed by atoms with Gasteiger partial charge in [0.05, 0.1) is 4.92 Å². The monoisotopic (exact) mass is 304 g/mol. The fourth-order valence-electron chi connectivity index (χ4n) is 3.68. The van der Waals surface area contributed by atoms with E-state index in [1.165, 1.54) is 38.4 Å². The minimum Gasteiger partial charge on any atom is -0.393 e. The van der Waals surface area contributed by atoms with Crippen molar-refractivity contribution in [2.24, 2.45) is 0 Å². The molecular weight excluding hydrogens is 280 g/mol. The zero-order valence-corrected chi connectivity index (χ0v) is 12.9. The lowest BCUT2D eigenvalue weighted by Gasteiger charge is -2.41. The van der Waals surface area contributed by atoms with E-state index in [4.69, 9.17) is 5.73 Å². The molecule has 0 amide bonds. The Morgan fingerprint density at radius 3 is 2.36 bits per heavy atom. The lowest BCUT2D eigenvalue weighted by Crippen LogP contribution is -2.46. The Labute approximate surface area is 131 Å². The zero-order chi connectivity index (χ0) is 15.5. The molecule has 0 bridgehead atoms. The second kappa shape index (κ2) is 6.52. The second-order valence-electron chi connectivity index (χ2n) is 6.32. The molecule has 3 rings (SSSR count). The van der Waals surface area contributed by atoms with Crippen molar-refractivity contribution in [1.29, 1.82) is 0 Å². The highest BCUT2D eigenvalue weighted by Gasteiger charge is 2.26. The summed E-state index contributed by atoms with van der Waals surface area (Å²) in [7, 11) is 0. The van der Waals surface area contributed by atoms with Crippen molar-refractivity contribution in [3.05, 3.63) is 28.3 Å². The van der Waals surface area contributed by atoms with E-state index in [1.807, 2.05) is 6.07 Å². The van der Waals surface area contributed by atoms with Crippen LogP contribution in [0.3, 0.4) is 0 Å². The number of nitro groups is 1. The maximum atomic E-state index is 10.8. The van der Waals surface area contributed by atoms with E-state index in [2.05, 4.69) is 9.80 Å². The maximum absolute atomic E-state index is 10.8. The Bertz CT molecular complexity index is 535. The second-order valence-corrected chi connectivity index (χ2v) is 6.32. The minimum absolute atomic E-state index is 0.00745. The van der Waals surface area contributed by atoms with E-state index < -0.39 is 4.92 Å². The Morgan fingerprint density at radius 2 is 1.77 bits per heavy atom. The number of nitrogen functional groups attached to an aromatic ring is 1. The number of anilines is 2. The van der Waals surface area contributed by atoms with Crippen LogP contribution in [-0.2, 0) is 0 Å². The molecule has 2 aliphatic heterocycles. The normalized spacial score (nSPS) is 21.0. The van der Waals surface area contributed by atoms with Crippen LogP contribution in [0.2, 0.25) is 0 Å². The molecule has 2 N–H and O–H groups in total. The number of nitrogens with zero attached hydrogens (tertiary/aromatic N) is 3. The number of hydrogen-bond acceptors (Lipinski definition) is 5. The van der Waals surface area contributed by atoms with Gasteiger partial charge in [-0.05, 0) is 50.9 Å². The molecule has 6 heteroatoms. The van der Waals surface area contributed by atoms with Gasteiger partial charge in [0, 0.05) is 30.9 Å². The van der Waals surface area contributed by atoms with Crippen LogP contribution in [0.25, 0.3) is 0 Å². The zero-order valence-electron chi connectivity index (χ0n) is 12.9.